The standard InChI is InChI=1S/C14H13N3OS/c1-9-7-10(4-5-12(9)15)14-16-13(17-18-14)8-11-3-2-6-19-11/h2-7H,8,15H2,1H3. The van der Waals surface area contributed by atoms with Crippen LogP contribution in [0.15, 0.2) is 40.2 Å². The quantitative estimate of drug-likeness (QED) is 0.742. The minimum Gasteiger partial charge on any atom is -0.399 e. The number of aryl methyl sites for hydroxylation is 1. The molecule has 0 spiro atoms. The van der Waals surface area contributed by atoms with E-state index in [-0.39, 0.29) is 0 Å². The number of benzene rings is 1. The smallest absolute Gasteiger partial charge is 0.257 e. The summed E-state index contributed by atoms with van der Waals surface area (Å²) in [6.45, 7) is 1.96. The van der Waals surface area contributed by atoms with Crippen molar-refractivity contribution in [1.29, 1.82) is 0 Å². The van der Waals surface area contributed by atoms with Gasteiger partial charge in [-0.3, -0.25) is 0 Å². The summed E-state index contributed by atoms with van der Waals surface area (Å²) in [5.41, 5.74) is 8.47. The van der Waals surface area contributed by atoms with Gasteiger partial charge in [0.2, 0.25) is 0 Å². The third-order valence-corrected chi connectivity index (χ3v) is 3.77. The lowest BCUT2D eigenvalue weighted by molar-refractivity contribution is 0.424. The highest BCUT2D eigenvalue weighted by Gasteiger charge is 2.10. The zero-order valence-electron chi connectivity index (χ0n) is 10.5. The molecule has 0 saturated carbocycles. The molecule has 19 heavy (non-hydrogen) atoms. The third kappa shape index (κ3) is 2.51. The first-order chi connectivity index (χ1) is 9.22. The first kappa shape index (κ1) is 11.9. The van der Waals surface area contributed by atoms with Crippen LogP contribution in [0.25, 0.3) is 11.5 Å². The van der Waals surface area contributed by atoms with E-state index >= 15 is 0 Å². The van der Waals surface area contributed by atoms with Crippen molar-refractivity contribution >= 4 is 17.0 Å². The number of anilines is 1. The molecular formula is C14H13N3OS. The van der Waals surface area contributed by atoms with E-state index in [9.17, 15) is 0 Å². The Kier molecular flexibility index (Phi) is 3.05. The molecule has 0 aliphatic rings. The first-order valence-electron chi connectivity index (χ1n) is 5.94. The highest BCUT2D eigenvalue weighted by atomic mass is 32.1. The van der Waals surface area contributed by atoms with Crippen LogP contribution in [0.2, 0.25) is 0 Å². The lowest BCUT2D eigenvalue weighted by Gasteiger charge is -2.00. The maximum absolute atomic E-state index is 5.80. The van der Waals surface area contributed by atoms with Crippen LogP contribution in [0.4, 0.5) is 5.69 Å². The van der Waals surface area contributed by atoms with Crippen molar-refractivity contribution < 1.29 is 4.52 Å². The number of hydrogen-bond acceptors (Lipinski definition) is 5. The van der Waals surface area contributed by atoms with Crippen molar-refractivity contribution in [2.45, 2.75) is 13.3 Å². The summed E-state index contributed by atoms with van der Waals surface area (Å²) in [6, 6.07) is 9.79. The Balaban J connectivity index is 1.86. The molecular weight excluding hydrogens is 258 g/mol. The minimum absolute atomic E-state index is 0.537. The van der Waals surface area contributed by atoms with Gasteiger partial charge < -0.3 is 10.3 Å². The van der Waals surface area contributed by atoms with E-state index in [4.69, 9.17) is 10.3 Å². The van der Waals surface area contributed by atoms with Gasteiger partial charge in [-0.05, 0) is 42.1 Å². The van der Waals surface area contributed by atoms with Crippen molar-refractivity contribution in [3.05, 3.63) is 52.0 Å². The zero-order chi connectivity index (χ0) is 13.2. The van der Waals surface area contributed by atoms with Gasteiger partial charge in [0.05, 0.1) is 0 Å². The molecule has 0 bridgehead atoms. The van der Waals surface area contributed by atoms with Gasteiger partial charge in [-0.1, -0.05) is 11.2 Å². The molecule has 3 rings (SSSR count). The third-order valence-electron chi connectivity index (χ3n) is 2.90. The summed E-state index contributed by atoms with van der Waals surface area (Å²) in [7, 11) is 0. The maximum atomic E-state index is 5.80. The van der Waals surface area contributed by atoms with Gasteiger partial charge in [0.25, 0.3) is 5.89 Å². The van der Waals surface area contributed by atoms with Crippen LogP contribution >= 0.6 is 11.3 Å². The highest BCUT2D eigenvalue weighted by molar-refractivity contribution is 7.09. The molecule has 0 aliphatic carbocycles. The fraction of sp³-hybridized carbons (Fsp3) is 0.143. The van der Waals surface area contributed by atoms with E-state index in [1.54, 1.807) is 11.3 Å². The van der Waals surface area contributed by atoms with Crippen molar-refractivity contribution in [1.82, 2.24) is 10.1 Å². The monoisotopic (exact) mass is 271 g/mol. The molecule has 4 nitrogen and oxygen atoms in total. The summed E-state index contributed by atoms with van der Waals surface area (Å²) in [5.74, 6) is 1.24. The second-order valence-electron chi connectivity index (χ2n) is 4.34. The minimum atomic E-state index is 0.537. The van der Waals surface area contributed by atoms with Crippen molar-refractivity contribution in [3.8, 4) is 11.5 Å². The molecule has 0 radical (unpaired) electrons. The normalized spacial score (nSPS) is 10.8. The lowest BCUT2D eigenvalue weighted by atomic mass is 10.1. The van der Waals surface area contributed by atoms with Crippen molar-refractivity contribution in [2.24, 2.45) is 0 Å². The molecule has 2 aromatic heterocycles. The van der Waals surface area contributed by atoms with E-state index in [0.717, 1.165) is 16.8 Å². The molecule has 0 amide bonds. The Morgan fingerprint density at radius 1 is 1.32 bits per heavy atom. The summed E-state index contributed by atoms with van der Waals surface area (Å²) < 4.78 is 5.30. The zero-order valence-corrected chi connectivity index (χ0v) is 11.3. The molecule has 0 atom stereocenters. The van der Waals surface area contributed by atoms with Crippen LogP contribution in [0.1, 0.15) is 16.3 Å². The average molecular weight is 271 g/mol. The van der Waals surface area contributed by atoms with Crippen LogP contribution in [0, 0.1) is 6.92 Å². The van der Waals surface area contributed by atoms with Gasteiger partial charge in [0, 0.05) is 22.5 Å². The highest BCUT2D eigenvalue weighted by Crippen LogP contribution is 2.22. The summed E-state index contributed by atoms with van der Waals surface area (Å²) in [6.07, 6.45) is 0.703. The Bertz CT molecular complexity index is 689. The van der Waals surface area contributed by atoms with E-state index in [1.807, 2.05) is 36.6 Å². The fourth-order valence-electron chi connectivity index (χ4n) is 1.82. The van der Waals surface area contributed by atoms with Crippen LogP contribution in [0.5, 0.6) is 0 Å². The molecule has 2 heterocycles. The van der Waals surface area contributed by atoms with Gasteiger partial charge >= 0.3 is 0 Å². The number of nitrogens with zero attached hydrogens (tertiary/aromatic N) is 2. The topological polar surface area (TPSA) is 64.9 Å². The van der Waals surface area contributed by atoms with Gasteiger partial charge in [0.15, 0.2) is 5.82 Å². The second-order valence-corrected chi connectivity index (χ2v) is 5.38. The molecule has 2 N–H and O–H groups in total. The molecule has 96 valence electrons. The largest absolute Gasteiger partial charge is 0.399 e. The predicted molar refractivity (Wildman–Crippen MR) is 76.0 cm³/mol. The fourth-order valence-corrected chi connectivity index (χ4v) is 2.52. The molecule has 3 aromatic rings. The number of aromatic nitrogens is 2. The Hall–Kier alpha value is -2.14. The van der Waals surface area contributed by atoms with Crippen molar-refractivity contribution in [3.63, 3.8) is 0 Å². The molecule has 0 aliphatic heterocycles. The van der Waals surface area contributed by atoms with Gasteiger partial charge in [-0.2, -0.15) is 4.98 Å². The Morgan fingerprint density at radius 2 is 2.21 bits per heavy atom. The van der Waals surface area contributed by atoms with E-state index in [0.29, 0.717) is 18.1 Å². The van der Waals surface area contributed by atoms with Gasteiger partial charge in [-0.15, -0.1) is 11.3 Å². The van der Waals surface area contributed by atoms with Gasteiger partial charge in [0.1, 0.15) is 0 Å². The SMILES string of the molecule is Cc1cc(-c2nc(Cc3cccs3)no2)ccc1N. The van der Waals surface area contributed by atoms with Gasteiger partial charge in [-0.25, -0.2) is 0 Å². The van der Waals surface area contributed by atoms with Crippen LogP contribution in [0.3, 0.4) is 0 Å². The molecule has 0 saturated heterocycles. The summed E-state index contributed by atoms with van der Waals surface area (Å²) >= 11 is 1.69. The molecule has 5 heteroatoms. The van der Waals surface area contributed by atoms with Crippen molar-refractivity contribution in [2.75, 3.05) is 5.73 Å². The first-order valence-corrected chi connectivity index (χ1v) is 6.82. The van der Waals surface area contributed by atoms with Crippen LogP contribution < -0.4 is 5.73 Å². The number of nitrogens with two attached hydrogens (primary N) is 1. The molecule has 0 unspecified atom stereocenters. The molecule has 1 aromatic carbocycles. The van der Waals surface area contributed by atoms with Crippen LogP contribution in [-0.4, -0.2) is 10.1 Å². The summed E-state index contributed by atoms with van der Waals surface area (Å²) in [4.78, 5) is 5.64. The number of nitrogen functional groups attached to an aromatic ring is 1. The number of thiophene rings is 1. The van der Waals surface area contributed by atoms with E-state index in [2.05, 4.69) is 16.2 Å². The molecule has 0 fully saturated rings. The second kappa shape index (κ2) is 4.85. The van der Waals surface area contributed by atoms with Crippen LogP contribution in [-0.2, 0) is 6.42 Å². The maximum Gasteiger partial charge on any atom is 0.257 e. The lowest BCUT2D eigenvalue weighted by Crippen LogP contribution is -1.90. The predicted octanol–water partition coefficient (Wildman–Crippen LogP) is 3.28. The number of hydrogen-bond donors (Lipinski definition) is 1. The van der Waals surface area contributed by atoms with E-state index < -0.39 is 0 Å². The average Bonchev–Trinajstić information content (AvgIpc) is 3.05. The van der Waals surface area contributed by atoms with E-state index in [1.165, 1.54) is 4.88 Å². The number of rotatable bonds is 3. The Labute approximate surface area is 114 Å². The summed E-state index contributed by atoms with van der Waals surface area (Å²) in [5, 5.41) is 6.05. The Morgan fingerprint density at radius 3 is 2.95 bits per heavy atom.